The first kappa shape index (κ1) is 10.4. The van der Waals surface area contributed by atoms with Gasteiger partial charge in [-0.25, -0.2) is 8.78 Å². The molecule has 1 aromatic carbocycles. The Morgan fingerprint density at radius 1 is 1.33 bits per heavy atom. The van der Waals surface area contributed by atoms with Gasteiger partial charge in [0.15, 0.2) is 11.6 Å². The molecule has 0 unspecified atom stereocenters. The first-order chi connectivity index (χ1) is 7.09. The fourth-order valence-corrected chi connectivity index (χ4v) is 2.05. The first-order valence-electron chi connectivity index (χ1n) is 4.98. The van der Waals surface area contributed by atoms with Crippen LogP contribution in [-0.2, 0) is 5.41 Å². The van der Waals surface area contributed by atoms with Gasteiger partial charge in [-0.05, 0) is 31.9 Å². The lowest BCUT2D eigenvalue weighted by atomic mass is 9.91. The van der Waals surface area contributed by atoms with E-state index in [1.807, 2.05) is 0 Å². The van der Waals surface area contributed by atoms with Gasteiger partial charge in [0.2, 0.25) is 0 Å². The summed E-state index contributed by atoms with van der Waals surface area (Å²) >= 11 is 0. The van der Waals surface area contributed by atoms with Crippen LogP contribution in [0.25, 0.3) is 0 Å². The lowest BCUT2D eigenvalue weighted by Gasteiger charge is -2.16. The minimum absolute atomic E-state index is 0.290. The molecule has 0 saturated heterocycles. The quantitative estimate of drug-likeness (QED) is 0.807. The van der Waals surface area contributed by atoms with Gasteiger partial charge in [-0.3, -0.25) is 0 Å². The average Bonchev–Trinajstić information content (AvgIpc) is 2.93. The van der Waals surface area contributed by atoms with E-state index in [1.54, 1.807) is 0 Å². The highest BCUT2D eigenvalue weighted by Gasteiger charge is 2.45. The van der Waals surface area contributed by atoms with Crippen LogP contribution in [0.15, 0.2) is 12.1 Å². The third-order valence-corrected chi connectivity index (χ3v) is 3.08. The lowest BCUT2D eigenvalue weighted by molar-refractivity contribution is 0.410. The van der Waals surface area contributed by atoms with Crippen molar-refractivity contribution < 1.29 is 13.9 Å². The molecule has 3 N–H and O–H groups in total. The Morgan fingerprint density at radius 3 is 2.53 bits per heavy atom. The van der Waals surface area contributed by atoms with E-state index in [-0.39, 0.29) is 5.41 Å². The number of phenolic OH excluding ortho intramolecular Hbond substituents is 1. The van der Waals surface area contributed by atoms with Crippen LogP contribution < -0.4 is 5.73 Å². The van der Waals surface area contributed by atoms with Crippen molar-refractivity contribution in [1.82, 2.24) is 0 Å². The predicted molar refractivity (Wildman–Crippen MR) is 52.6 cm³/mol. The van der Waals surface area contributed by atoms with Crippen LogP contribution in [0, 0.1) is 11.6 Å². The van der Waals surface area contributed by atoms with Crippen LogP contribution >= 0.6 is 0 Å². The molecule has 2 nitrogen and oxygen atoms in total. The van der Waals surface area contributed by atoms with Crippen molar-refractivity contribution in [3.8, 4) is 5.75 Å². The van der Waals surface area contributed by atoms with Crippen molar-refractivity contribution in [3.05, 3.63) is 29.3 Å². The molecule has 1 fully saturated rings. The van der Waals surface area contributed by atoms with E-state index in [9.17, 15) is 13.9 Å². The summed E-state index contributed by atoms with van der Waals surface area (Å²) in [5, 5.41) is 9.54. The van der Waals surface area contributed by atoms with Crippen LogP contribution in [0.5, 0.6) is 5.75 Å². The van der Waals surface area contributed by atoms with E-state index in [1.165, 1.54) is 6.07 Å². The number of aromatic hydroxyl groups is 1. The van der Waals surface area contributed by atoms with E-state index < -0.39 is 17.4 Å². The minimum Gasteiger partial charge on any atom is -0.505 e. The van der Waals surface area contributed by atoms with E-state index in [0.29, 0.717) is 24.6 Å². The second kappa shape index (κ2) is 3.45. The molecule has 0 heterocycles. The van der Waals surface area contributed by atoms with Crippen molar-refractivity contribution in [2.45, 2.75) is 24.7 Å². The van der Waals surface area contributed by atoms with Crippen molar-refractivity contribution in [1.29, 1.82) is 0 Å². The molecule has 0 amide bonds. The number of phenols is 1. The SMILES string of the molecule is NCCC1(c2cc(F)cc(F)c2O)CC1. The zero-order valence-corrected chi connectivity index (χ0v) is 8.26. The summed E-state index contributed by atoms with van der Waals surface area (Å²) < 4.78 is 26.1. The Morgan fingerprint density at radius 2 is 2.00 bits per heavy atom. The van der Waals surface area contributed by atoms with Gasteiger partial charge in [-0.15, -0.1) is 0 Å². The van der Waals surface area contributed by atoms with Crippen LogP contribution in [0.3, 0.4) is 0 Å². The maximum Gasteiger partial charge on any atom is 0.168 e. The van der Waals surface area contributed by atoms with Crippen molar-refractivity contribution in [2.75, 3.05) is 6.54 Å². The number of halogens is 2. The van der Waals surface area contributed by atoms with Crippen LogP contribution in [0.4, 0.5) is 8.78 Å². The third-order valence-electron chi connectivity index (χ3n) is 3.08. The zero-order valence-electron chi connectivity index (χ0n) is 8.26. The van der Waals surface area contributed by atoms with Gasteiger partial charge in [0.1, 0.15) is 5.82 Å². The number of benzene rings is 1. The molecule has 15 heavy (non-hydrogen) atoms. The molecular formula is C11H13F2NO. The highest BCUT2D eigenvalue weighted by Crippen LogP contribution is 2.53. The fourth-order valence-electron chi connectivity index (χ4n) is 2.05. The molecule has 1 aromatic rings. The normalized spacial score (nSPS) is 17.8. The van der Waals surface area contributed by atoms with Gasteiger partial charge < -0.3 is 10.8 Å². The van der Waals surface area contributed by atoms with Crippen molar-refractivity contribution >= 4 is 0 Å². The highest BCUT2D eigenvalue weighted by atomic mass is 19.1. The Bertz CT molecular complexity index is 388. The minimum atomic E-state index is -0.895. The van der Waals surface area contributed by atoms with Gasteiger partial charge >= 0.3 is 0 Å². The number of hydrogen-bond donors (Lipinski definition) is 2. The van der Waals surface area contributed by atoms with E-state index in [4.69, 9.17) is 5.73 Å². The molecule has 0 aliphatic heterocycles. The molecule has 0 bridgehead atoms. The fraction of sp³-hybridized carbons (Fsp3) is 0.455. The second-order valence-corrected chi connectivity index (χ2v) is 4.10. The predicted octanol–water partition coefficient (Wildman–Crippen LogP) is 2.05. The van der Waals surface area contributed by atoms with E-state index in [0.717, 1.165) is 12.8 Å². The van der Waals surface area contributed by atoms with Crippen LogP contribution in [0.2, 0.25) is 0 Å². The largest absolute Gasteiger partial charge is 0.505 e. The molecule has 0 aromatic heterocycles. The van der Waals surface area contributed by atoms with E-state index in [2.05, 4.69) is 0 Å². The molecule has 0 spiro atoms. The average molecular weight is 213 g/mol. The molecule has 82 valence electrons. The van der Waals surface area contributed by atoms with Crippen LogP contribution in [-0.4, -0.2) is 11.7 Å². The maximum absolute atomic E-state index is 13.1. The van der Waals surface area contributed by atoms with Gasteiger partial charge in [-0.2, -0.15) is 0 Å². The van der Waals surface area contributed by atoms with Gasteiger partial charge in [0.25, 0.3) is 0 Å². The molecule has 4 heteroatoms. The first-order valence-corrected chi connectivity index (χ1v) is 4.98. The standard InChI is InChI=1S/C11H13F2NO/c12-7-5-8(10(15)9(13)6-7)11(1-2-11)3-4-14/h5-6,15H,1-4,14H2. The lowest BCUT2D eigenvalue weighted by Crippen LogP contribution is -2.14. The summed E-state index contributed by atoms with van der Waals surface area (Å²) in [5.74, 6) is -1.97. The summed E-state index contributed by atoms with van der Waals surface area (Å²) in [6.45, 7) is 0.456. The molecule has 1 aliphatic carbocycles. The Hall–Kier alpha value is -1.16. The third kappa shape index (κ3) is 1.69. The number of nitrogens with two attached hydrogens (primary N) is 1. The summed E-state index contributed by atoms with van der Waals surface area (Å²) in [6, 6.07) is 1.90. The number of rotatable bonds is 3. The van der Waals surface area contributed by atoms with Gasteiger partial charge in [0.05, 0.1) is 0 Å². The summed E-state index contributed by atoms with van der Waals surface area (Å²) in [7, 11) is 0. The highest BCUT2D eigenvalue weighted by molar-refractivity contribution is 5.43. The molecule has 1 saturated carbocycles. The monoisotopic (exact) mass is 213 g/mol. The van der Waals surface area contributed by atoms with Crippen molar-refractivity contribution in [2.24, 2.45) is 5.73 Å². The Labute approximate surface area is 86.7 Å². The van der Waals surface area contributed by atoms with E-state index >= 15 is 0 Å². The molecule has 1 aliphatic rings. The summed E-state index contributed by atoms with van der Waals surface area (Å²) in [5.41, 5.74) is 5.53. The summed E-state index contributed by atoms with van der Waals surface area (Å²) in [6.07, 6.45) is 2.32. The molecular weight excluding hydrogens is 200 g/mol. The second-order valence-electron chi connectivity index (χ2n) is 4.10. The molecule has 0 radical (unpaired) electrons. The molecule has 2 rings (SSSR count). The van der Waals surface area contributed by atoms with Gasteiger partial charge in [0, 0.05) is 17.0 Å². The van der Waals surface area contributed by atoms with Crippen molar-refractivity contribution in [3.63, 3.8) is 0 Å². The Kier molecular flexibility index (Phi) is 2.38. The maximum atomic E-state index is 13.1. The Balaban J connectivity index is 2.44. The molecule has 0 atom stereocenters. The summed E-state index contributed by atoms with van der Waals surface area (Å²) in [4.78, 5) is 0. The van der Waals surface area contributed by atoms with Crippen LogP contribution in [0.1, 0.15) is 24.8 Å². The zero-order chi connectivity index (χ0) is 11.1. The topological polar surface area (TPSA) is 46.2 Å². The van der Waals surface area contributed by atoms with Gasteiger partial charge in [-0.1, -0.05) is 0 Å². The smallest absolute Gasteiger partial charge is 0.168 e. The number of hydrogen-bond acceptors (Lipinski definition) is 2.